The first-order valence-corrected chi connectivity index (χ1v) is 14.1. The maximum Gasteiger partial charge on any atom is 0.303 e. The summed E-state index contributed by atoms with van der Waals surface area (Å²) in [5.74, 6) is -1.33. The molecular formula is C27H29N3O10S. The number of aliphatic carboxylic acids is 1. The van der Waals surface area contributed by atoms with Crippen LogP contribution in [0.15, 0.2) is 60.7 Å². The molecule has 1 atom stereocenters. The van der Waals surface area contributed by atoms with Crippen molar-refractivity contribution >= 4 is 33.3 Å². The summed E-state index contributed by atoms with van der Waals surface area (Å²) in [5.41, 5.74) is 4.19. The molecule has 0 aliphatic carbocycles. The van der Waals surface area contributed by atoms with Crippen LogP contribution in [0.3, 0.4) is 0 Å². The average molecular weight is 588 g/mol. The molecule has 3 rings (SSSR count). The molecule has 0 saturated heterocycles. The second-order valence-corrected chi connectivity index (χ2v) is 10.6. The minimum absolute atomic E-state index is 0.0169. The molecule has 0 spiro atoms. The molecule has 218 valence electrons. The topological polar surface area (TPSA) is 183 Å². The van der Waals surface area contributed by atoms with Gasteiger partial charge in [-0.2, -0.15) is 0 Å². The molecule has 0 aromatic heterocycles. The number of nitrogens with zero attached hydrogens (tertiary/aromatic N) is 1. The Morgan fingerprint density at radius 2 is 1.76 bits per heavy atom. The fraction of sp³-hybridized carbons (Fsp3) is 0.259. The van der Waals surface area contributed by atoms with Crippen molar-refractivity contribution in [3.8, 4) is 22.6 Å². The third-order valence-corrected chi connectivity index (χ3v) is 6.32. The number of ether oxygens (including phenoxy) is 2. The Balaban J connectivity index is 1.69. The third kappa shape index (κ3) is 8.91. The van der Waals surface area contributed by atoms with Crippen LogP contribution in [0.2, 0.25) is 0 Å². The van der Waals surface area contributed by atoms with E-state index < -0.39 is 32.9 Å². The molecule has 14 heteroatoms. The maximum absolute atomic E-state index is 12.7. The number of carboxylic acid groups (broad SMARTS) is 1. The fourth-order valence-corrected chi connectivity index (χ4v) is 4.34. The van der Waals surface area contributed by atoms with E-state index in [1.165, 1.54) is 20.1 Å². The first-order chi connectivity index (χ1) is 19.4. The van der Waals surface area contributed by atoms with Crippen molar-refractivity contribution in [2.75, 3.05) is 24.7 Å². The number of methoxy groups -OCH3 is 1. The molecule has 3 aromatic rings. The van der Waals surface area contributed by atoms with Crippen molar-refractivity contribution in [1.82, 2.24) is 5.48 Å². The van der Waals surface area contributed by atoms with Crippen LogP contribution in [0.4, 0.5) is 11.4 Å². The molecular weight excluding hydrogens is 558 g/mol. The number of carbonyl (C=O) groups is 2. The minimum Gasteiger partial charge on any atom is -0.493 e. The summed E-state index contributed by atoms with van der Waals surface area (Å²) in [6, 6.07) is 15.8. The normalized spacial score (nSPS) is 11.8. The van der Waals surface area contributed by atoms with Gasteiger partial charge in [-0.1, -0.05) is 24.3 Å². The number of carboxylic acids is 1. The Kier molecular flexibility index (Phi) is 10.2. The van der Waals surface area contributed by atoms with Crippen LogP contribution in [0.25, 0.3) is 11.1 Å². The van der Waals surface area contributed by atoms with E-state index in [0.717, 1.165) is 23.4 Å². The molecule has 3 aromatic carbocycles. The number of nitro benzene ring substituents is 1. The second kappa shape index (κ2) is 13.6. The Morgan fingerprint density at radius 3 is 2.37 bits per heavy atom. The van der Waals surface area contributed by atoms with Gasteiger partial charge in [0.15, 0.2) is 11.5 Å². The lowest BCUT2D eigenvalue weighted by Crippen LogP contribution is -2.25. The summed E-state index contributed by atoms with van der Waals surface area (Å²) in [4.78, 5) is 40.0. The van der Waals surface area contributed by atoms with Gasteiger partial charge in [0.05, 0.1) is 36.5 Å². The van der Waals surface area contributed by atoms with Gasteiger partial charge in [-0.15, -0.1) is 0 Å². The van der Waals surface area contributed by atoms with Crippen LogP contribution in [0, 0.1) is 10.1 Å². The van der Waals surface area contributed by atoms with Gasteiger partial charge in [0.1, 0.15) is 6.10 Å². The number of hydrogen-bond acceptors (Lipinski definition) is 9. The lowest BCUT2D eigenvalue weighted by Gasteiger charge is -2.17. The van der Waals surface area contributed by atoms with Gasteiger partial charge >= 0.3 is 5.97 Å². The van der Waals surface area contributed by atoms with Crippen molar-refractivity contribution in [1.29, 1.82) is 0 Å². The first-order valence-electron chi connectivity index (χ1n) is 12.2. The first kappa shape index (κ1) is 30.8. The standard InChI is InChI=1S/C27H29N3O10S/c1-17(22-15-24(38-2)25(16-23(22)30(34)35)39-13-5-8-26(31)32)40-28-27(33)19-11-9-18(10-12-19)20-6-4-7-21(14-20)29-41(3,36)37/h4,6-7,9-12,14-17,29H,5,8,13H2,1-3H3,(H,28,33)(H,31,32). The van der Waals surface area contributed by atoms with Gasteiger partial charge in [0.25, 0.3) is 11.6 Å². The highest BCUT2D eigenvalue weighted by Crippen LogP contribution is 2.38. The Morgan fingerprint density at radius 1 is 1.05 bits per heavy atom. The number of amides is 1. The molecule has 0 aliphatic heterocycles. The van der Waals surface area contributed by atoms with Crippen molar-refractivity contribution in [3.63, 3.8) is 0 Å². The summed E-state index contributed by atoms with van der Waals surface area (Å²) in [6.45, 7) is 1.53. The van der Waals surface area contributed by atoms with Crippen molar-refractivity contribution in [2.24, 2.45) is 0 Å². The predicted octanol–water partition coefficient (Wildman–Crippen LogP) is 4.31. The van der Waals surface area contributed by atoms with Crippen LogP contribution in [-0.2, 0) is 19.7 Å². The van der Waals surface area contributed by atoms with E-state index in [2.05, 4.69) is 10.2 Å². The summed E-state index contributed by atoms with van der Waals surface area (Å²) >= 11 is 0. The molecule has 41 heavy (non-hydrogen) atoms. The third-order valence-electron chi connectivity index (χ3n) is 5.71. The van der Waals surface area contributed by atoms with Crippen molar-refractivity contribution < 1.29 is 42.3 Å². The highest BCUT2D eigenvalue weighted by atomic mass is 32.2. The van der Waals surface area contributed by atoms with Gasteiger partial charge in [-0.25, -0.2) is 13.9 Å². The number of nitrogens with one attached hydrogen (secondary N) is 2. The number of carbonyl (C=O) groups excluding carboxylic acids is 1. The fourth-order valence-electron chi connectivity index (χ4n) is 3.78. The van der Waals surface area contributed by atoms with Gasteiger partial charge in [0.2, 0.25) is 10.0 Å². The highest BCUT2D eigenvalue weighted by molar-refractivity contribution is 7.92. The number of rotatable bonds is 14. The van der Waals surface area contributed by atoms with Crippen LogP contribution in [0.5, 0.6) is 11.5 Å². The van der Waals surface area contributed by atoms with E-state index in [-0.39, 0.29) is 47.8 Å². The molecule has 13 nitrogen and oxygen atoms in total. The van der Waals surface area contributed by atoms with E-state index in [4.69, 9.17) is 19.4 Å². The lowest BCUT2D eigenvalue weighted by molar-refractivity contribution is -0.386. The minimum atomic E-state index is -3.43. The summed E-state index contributed by atoms with van der Waals surface area (Å²) < 4.78 is 36.2. The number of hydroxylamine groups is 1. The number of nitro groups is 1. The number of sulfonamides is 1. The summed E-state index contributed by atoms with van der Waals surface area (Å²) in [7, 11) is -2.08. The van der Waals surface area contributed by atoms with Crippen LogP contribution in [0.1, 0.15) is 41.8 Å². The Labute approximate surface area is 236 Å². The van der Waals surface area contributed by atoms with E-state index in [1.54, 1.807) is 48.5 Å². The van der Waals surface area contributed by atoms with Crippen LogP contribution >= 0.6 is 0 Å². The Bertz CT molecular complexity index is 1520. The van der Waals surface area contributed by atoms with Gasteiger partial charge < -0.3 is 14.6 Å². The number of anilines is 1. The molecule has 0 heterocycles. The maximum atomic E-state index is 12.7. The monoisotopic (exact) mass is 587 g/mol. The number of hydrogen-bond donors (Lipinski definition) is 3. The molecule has 0 bridgehead atoms. The largest absolute Gasteiger partial charge is 0.493 e. The second-order valence-electron chi connectivity index (χ2n) is 8.89. The van der Waals surface area contributed by atoms with Gasteiger partial charge in [-0.3, -0.25) is 29.3 Å². The highest BCUT2D eigenvalue weighted by Gasteiger charge is 2.25. The van der Waals surface area contributed by atoms with Gasteiger partial charge in [0, 0.05) is 17.7 Å². The molecule has 1 unspecified atom stereocenters. The average Bonchev–Trinajstić information content (AvgIpc) is 2.92. The summed E-state index contributed by atoms with van der Waals surface area (Å²) in [5, 5.41) is 20.5. The molecule has 0 radical (unpaired) electrons. The summed E-state index contributed by atoms with van der Waals surface area (Å²) in [6.07, 6.45) is 0.180. The van der Waals surface area contributed by atoms with E-state index in [9.17, 15) is 28.1 Å². The van der Waals surface area contributed by atoms with Crippen LogP contribution < -0.4 is 19.7 Å². The van der Waals surface area contributed by atoms with E-state index >= 15 is 0 Å². The molecule has 0 aliphatic rings. The molecule has 0 saturated carbocycles. The van der Waals surface area contributed by atoms with E-state index in [0.29, 0.717) is 5.69 Å². The molecule has 0 fully saturated rings. The van der Waals surface area contributed by atoms with Crippen molar-refractivity contribution in [2.45, 2.75) is 25.9 Å². The Hall–Kier alpha value is -4.69. The SMILES string of the molecule is COc1cc(C(C)ONC(=O)c2ccc(-c3cccc(NS(C)(=O)=O)c3)cc2)c([N+](=O)[O-])cc1OCCCC(=O)O. The molecule has 1 amide bonds. The van der Waals surface area contributed by atoms with Crippen molar-refractivity contribution in [3.05, 3.63) is 81.9 Å². The van der Waals surface area contributed by atoms with Crippen LogP contribution in [-0.4, -0.2) is 50.3 Å². The number of benzene rings is 3. The smallest absolute Gasteiger partial charge is 0.303 e. The zero-order valence-electron chi connectivity index (χ0n) is 22.4. The lowest BCUT2D eigenvalue weighted by atomic mass is 10.0. The van der Waals surface area contributed by atoms with E-state index in [1.807, 2.05) is 0 Å². The zero-order valence-corrected chi connectivity index (χ0v) is 23.3. The quantitative estimate of drug-likeness (QED) is 0.140. The van der Waals surface area contributed by atoms with Gasteiger partial charge in [-0.05, 0) is 54.8 Å². The predicted molar refractivity (Wildman–Crippen MR) is 149 cm³/mol. The zero-order chi connectivity index (χ0) is 30.2. The molecule has 3 N–H and O–H groups in total.